The van der Waals surface area contributed by atoms with Crippen molar-refractivity contribution in [3.05, 3.63) is 58.1 Å². The highest BCUT2D eigenvalue weighted by Gasteiger charge is 2.17. The van der Waals surface area contributed by atoms with E-state index in [1.165, 1.54) is 6.07 Å². The quantitative estimate of drug-likeness (QED) is 0.575. The molecule has 1 aromatic carbocycles. The van der Waals surface area contributed by atoms with Gasteiger partial charge in [0.1, 0.15) is 10.7 Å². The van der Waals surface area contributed by atoms with Crippen molar-refractivity contribution in [3.8, 4) is 0 Å². The van der Waals surface area contributed by atoms with E-state index in [1.54, 1.807) is 0 Å². The lowest BCUT2D eigenvalue weighted by atomic mass is 10.3. The first-order valence-electron chi connectivity index (χ1n) is 7.00. The molecule has 0 aliphatic carbocycles. The Hall–Kier alpha value is -3.16. The van der Waals surface area contributed by atoms with Gasteiger partial charge in [-0.2, -0.15) is 0 Å². The number of carbonyl (C=O) groups is 1. The summed E-state index contributed by atoms with van der Waals surface area (Å²) in [5.74, 6) is -0.162. The van der Waals surface area contributed by atoms with E-state index in [9.17, 15) is 14.9 Å². The number of nitro groups is 1. The molecular weight excluding hydrogens is 300 g/mol. The number of aromatic nitrogens is 2. The second kappa shape index (κ2) is 5.91. The fourth-order valence-electron chi connectivity index (χ4n) is 2.39. The fraction of sp³-hybridized carbons (Fsp3) is 0.200. The summed E-state index contributed by atoms with van der Waals surface area (Å²) in [4.78, 5) is 26.2. The molecule has 1 N–H and O–H groups in total. The highest BCUT2D eigenvalue weighted by atomic mass is 16.6. The van der Waals surface area contributed by atoms with Gasteiger partial charge in [-0.15, -0.1) is 0 Å². The van der Waals surface area contributed by atoms with Crippen molar-refractivity contribution in [1.82, 2.24) is 14.9 Å². The molecule has 23 heavy (non-hydrogen) atoms. The molecular formula is C15H14N4O4. The zero-order chi connectivity index (χ0) is 16.4. The van der Waals surface area contributed by atoms with Gasteiger partial charge in [0.25, 0.3) is 5.91 Å². The number of amides is 1. The topological polar surface area (TPSA) is 103 Å². The second-order valence-corrected chi connectivity index (χ2v) is 4.95. The van der Waals surface area contributed by atoms with Gasteiger partial charge in [-0.3, -0.25) is 14.9 Å². The molecule has 0 bridgehead atoms. The van der Waals surface area contributed by atoms with E-state index in [0.29, 0.717) is 13.1 Å². The maximum Gasteiger partial charge on any atom is 0.433 e. The summed E-state index contributed by atoms with van der Waals surface area (Å²) >= 11 is 0. The number of nitrogens with one attached hydrogen (secondary N) is 1. The molecule has 0 saturated heterocycles. The van der Waals surface area contributed by atoms with Crippen molar-refractivity contribution in [2.24, 2.45) is 0 Å². The van der Waals surface area contributed by atoms with E-state index in [0.717, 1.165) is 22.9 Å². The predicted octanol–water partition coefficient (Wildman–Crippen LogP) is 2.28. The minimum absolute atomic E-state index is 0.0797. The van der Waals surface area contributed by atoms with E-state index < -0.39 is 16.7 Å². The number of fused-ring (bicyclic) bond motifs is 1. The van der Waals surface area contributed by atoms with E-state index in [-0.39, 0.29) is 5.76 Å². The lowest BCUT2D eigenvalue weighted by Gasteiger charge is -2.07. The first-order valence-corrected chi connectivity index (χ1v) is 7.00. The number of benzene rings is 1. The van der Waals surface area contributed by atoms with Gasteiger partial charge < -0.3 is 14.3 Å². The number of imidazole rings is 1. The van der Waals surface area contributed by atoms with E-state index in [2.05, 4.69) is 10.3 Å². The summed E-state index contributed by atoms with van der Waals surface area (Å²) in [6.07, 6.45) is 0. The van der Waals surface area contributed by atoms with Crippen LogP contribution in [-0.4, -0.2) is 26.9 Å². The molecule has 0 aliphatic heterocycles. The Kier molecular flexibility index (Phi) is 3.80. The Morgan fingerprint density at radius 2 is 2.13 bits per heavy atom. The number of hydrogen-bond donors (Lipinski definition) is 1. The van der Waals surface area contributed by atoms with Crippen LogP contribution in [0.1, 0.15) is 16.4 Å². The molecule has 3 aromatic rings. The summed E-state index contributed by atoms with van der Waals surface area (Å²) in [6.45, 7) is 2.80. The van der Waals surface area contributed by atoms with Crippen LogP contribution in [0.3, 0.4) is 0 Å². The van der Waals surface area contributed by atoms with Crippen LogP contribution >= 0.6 is 0 Å². The number of furan rings is 1. The van der Waals surface area contributed by atoms with Gasteiger partial charge in [0.05, 0.1) is 17.1 Å². The van der Waals surface area contributed by atoms with Crippen LogP contribution in [0.2, 0.25) is 0 Å². The molecule has 2 heterocycles. The summed E-state index contributed by atoms with van der Waals surface area (Å²) in [7, 11) is 0. The maximum atomic E-state index is 11.9. The number of rotatable bonds is 5. The lowest BCUT2D eigenvalue weighted by molar-refractivity contribution is -0.402. The molecule has 0 aliphatic rings. The number of carbonyl (C=O) groups excluding carboxylic acids is 1. The van der Waals surface area contributed by atoms with Crippen LogP contribution < -0.4 is 5.32 Å². The first kappa shape index (κ1) is 14.8. The number of hydrogen-bond acceptors (Lipinski definition) is 5. The molecule has 0 fully saturated rings. The average Bonchev–Trinajstić information content (AvgIpc) is 3.12. The summed E-state index contributed by atoms with van der Waals surface area (Å²) in [5, 5.41) is 13.2. The average molecular weight is 314 g/mol. The SMILES string of the molecule is Cc1nc2ccccc2n1CCNC(=O)c1ccc([N+](=O)[O-])o1. The van der Waals surface area contributed by atoms with Gasteiger partial charge in [0.15, 0.2) is 5.76 Å². The highest BCUT2D eigenvalue weighted by molar-refractivity contribution is 5.91. The van der Waals surface area contributed by atoms with Crippen LogP contribution in [-0.2, 0) is 6.54 Å². The molecule has 1 amide bonds. The zero-order valence-corrected chi connectivity index (χ0v) is 12.4. The van der Waals surface area contributed by atoms with Gasteiger partial charge in [0, 0.05) is 13.1 Å². The van der Waals surface area contributed by atoms with Crippen molar-refractivity contribution >= 4 is 22.8 Å². The van der Waals surface area contributed by atoms with E-state index >= 15 is 0 Å². The van der Waals surface area contributed by atoms with Crippen LogP contribution in [0.4, 0.5) is 5.88 Å². The standard InChI is InChI=1S/C15H14N4O4/c1-10-17-11-4-2-3-5-12(11)18(10)9-8-16-15(20)13-6-7-14(23-13)19(21)22/h2-7H,8-9H2,1H3,(H,16,20). The van der Waals surface area contributed by atoms with Gasteiger partial charge in [-0.25, -0.2) is 4.98 Å². The number of aryl methyl sites for hydroxylation is 1. The molecule has 0 spiro atoms. The molecule has 0 unspecified atom stereocenters. The normalized spacial score (nSPS) is 10.8. The monoisotopic (exact) mass is 314 g/mol. The lowest BCUT2D eigenvalue weighted by Crippen LogP contribution is -2.27. The Balaban J connectivity index is 1.65. The molecule has 8 heteroatoms. The third kappa shape index (κ3) is 2.91. The van der Waals surface area contributed by atoms with Crippen molar-refractivity contribution in [2.75, 3.05) is 6.54 Å². The van der Waals surface area contributed by atoms with Gasteiger partial charge in [0.2, 0.25) is 0 Å². The van der Waals surface area contributed by atoms with Crippen LogP contribution in [0.15, 0.2) is 40.8 Å². The molecule has 0 radical (unpaired) electrons. The van der Waals surface area contributed by atoms with Gasteiger partial charge in [-0.1, -0.05) is 12.1 Å². The third-order valence-electron chi connectivity index (χ3n) is 3.46. The molecule has 0 atom stereocenters. The van der Waals surface area contributed by atoms with Crippen LogP contribution in [0, 0.1) is 17.0 Å². The fourth-order valence-corrected chi connectivity index (χ4v) is 2.39. The van der Waals surface area contributed by atoms with Gasteiger partial charge >= 0.3 is 5.88 Å². The molecule has 3 rings (SSSR count). The minimum Gasteiger partial charge on any atom is -0.395 e. The number of para-hydroxylation sites is 2. The van der Waals surface area contributed by atoms with Crippen LogP contribution in [0.25, 0.3) is 11.0 Å². The van der Waals surface area contributed by atoms with Crippen molar-refractivity contribution in [1.29, 1.82) is 0 Å². The molecule has 8 nitrogen and oxygen atoms in total. The van der Waals surface area contributed by atoms with Crippen LogP contribution in [0.5, 0.6) is 0 Å². The molecule has 2 aromatic heterocycles. The summed E-state index contributed by atoms with van der Waals surface area (Å²) < 4.78 is 6.86. The Morgan fingerprint density at radius 3 is 2.87 bits per heavy atom. The van der Waals surface area contributed by atoms with Crippen molar-refractivity contribution < 1.29 is 14.1 Å². The number of nitrogens with zero attached hydrogens (tertiary/aromatic N) is 3. The largest absolute Gasteiger partial charge is 0.433 e. The Morgan fingerprint density at radius 1 is 1.35 bits per heavy atom. The second-order valence-electron chi connectivity index (χ2n) is 4.95. The van der Waals surface area contributed by atoms with E-state index in [1.807, 2.05) is 35.8 Å². The zero-order valence-electron chi connectivity index (χ0n) is 12.4. The smallest absolute Gasteiger partial charge is 0.395 e. The predicted molar refractivity (Wildman–Crippen MR) is 82.2 cm³/mol. The maximum absolute atomic E-state index is 11.9. The van der Waals surface area contributed by atoms with Gasteiger partial charge in [-0.05, 0) is 25.1 Å². The third-order valence-corrected chi connectivity index (χ3v) is 3.46. The molecule has 0 saturated carbocycles. The summed E-state index contributed by atoms with van der Waals surface area (Å²) in [6, 6.07) is 10.2. The highest BCUT2D eigenvalue weighted by Crippen LogP contribution is 2.16. The Labute approximate surface area is 130 Å². The minimum atomic E-state index is -0.683. The van der Waals surface area contributed by atoms with E-state index in [4.69, 9.17) is 4.42 Å². The molecule has 118 valence electrons. The Bertz CT molecular complexity index is 881. The van der Waals surface area contributed by atoms with Crippen molar-refractivity contribution in [2.45, 2.75) is 13.5 Å². The summed E-state index contributed by atoms with van der Waals surface area (Å²) in [5.41, 5.74) is 1.89. The van der Waals surface area contributed by atoms with Crippen molar-refractivity contribution in [3.63, 3.8) is 0 Å². The first-order chi connectivity index (χ1) is 11.1.